The van der Waals surface area contributed by atoms with Gasteiger partial charge in [-0.05, 0) is 45.2 Å². The molecule has 0 radical (unpaired) electrons. The Morgan fingerprint density at radius 3 is 2.53 bits per heavy atom. The molecule has 2 unspecified atom stereocenters. The number of anilines is 1. The van der Waals surface area contributed by atoms with E-state index in [9.17, 15) is 5.11 Å². The van der Waals surface area contributed by atoms with Gasteiger partial charge in [0, 0.05) is 24.8 Å². The van der Waals surface area contributed by atoms with Gasteiger partial charge in [0.15, 0.2) is 0 Å². The molecule has 1 aromatic carbocycles. The van der Waals surface area contributed by atoms with E-state index in [0.717, 1.165) is 18.8 Å². The number of ether oxygens (including phenoxy) is 1. The highest BCUT2D eigenvalue weighted by Gasteiger charge is 2.28. The fourth-order valence-electron chi connectivity index (χ4n) is 2.67. The van der Waals surface area contributed by atoms with Crippen LogP contribution in [0.3, 0.4) is 0 Å². The van der Waals surface area contributed by atoms with Crippen LogP contribution in [0, 0.1) is 0 Å². The summed E-state index contributed by atoms with van der Waals surface area (Å²) in [7, 11) is 2.08. The first-order valence-corrected chi connectivity index (χ1v) is 6.96. The lowest BCUT2D eigenvalue weighted by Crippen LogP contribution is -2.57. The summed E-state index contributed by atoms with van der Waals surface area (Å²) in [6.45, 7) is 6.94. The minimum absolute atomic E-state index is 0.205. The Bertz CT molecular complexity index is 394. The molecule has 0 spiro atoms. The summed E-state index contributed by atoms with van der Waals surface area (Å²) >= 11 is 0. The molecule has 1 aromatic rings. The van der Waals surface area contributed by atoms with Crippen molar-refractivity contribution in [3.63, 3.8) is 0 Å². The van der Waals surface area contributed by atoms with Crippen molar-refractivity contribution < 1.29 is 9.84 Å². The zero-order valence-corrected chi connectivity index (χ0v) is 12.0. The first-order chi connectivity index (χ1) is 9.15. The lowest BCUT2D eigenvalue weighted by Gasteiger charge is -2.44. The SMILES string of the molecule is CCOc1ccc(N2CC(CO)N(C)CC2C)cc1. The van der Waals surface area contributed by atoms with Crippen molar-refractivity contribution in [3.8, 4) is 5.75 Å². The third-order valence-electron chi connectivity index (χ3n) is 3.81. The van der Waals surface area contributed by atoms with Crippen LogP contribution >= 0.6 is 0 Å². The van der Waals surface area contributed by atoms with Crippen molar-refractivity contribution in [2.24, 2.45) is 0 Å². The number of piperazine rings is 1. The van der Waals surface area contributed by atoms with Crippen LogP contribution in [0.2, 0.25) is 0 Å². The zero-order chi connectivity index (χ0) is 13.8. The Morgan fingerprint density at radius 1 is 1.26 bits per heavy atom. The Kier molecular flexibility index (Phi) is 4.66. The number of aliphatic hydroxyl groups excluding tert-OH is 1. The van der Waals surface area contributed by atoms with Gasteiger partial charge in [0.05, 0.1) is 19.3 Å². The van der Waals surface area contributed by atoms with Crippen LogP contribution in [0.5, 0.6) is 5.75 Å². The number of hydrogen-bond acceptors (Lipinski definition) is 4. The standard InChI is InChI=1S/C15H24N2O2/c1-4-19-15-7-5-13(6-8-15)17-10-14(11-18)16(3)9-12(17)2/h5-8,12,14,18H,4,9-11H2,1-3H3. The van der Waals surface area contributed by atoms with E-state index < -0.39 is 0 Å². The van der Waals surface area contributed by atoms with Gasteiger partial charge in [-0.1, -0.05) is 0 Å². The maximum Gasteiger partial charge on any atom is 0.119 e. The molecule has 4 heteroatoms. The first-order valence-electron chi connectivity index (χ1n) is 6.96. The van der Waals surface area contributed by atoms with Gasteiger partial charge in [-0.2, -0.15) is 0 Å². The Morgan fingerprint density at radius 2 is 1.95 bits per heavy atom. The molecule has 4 nitrogen and oxygen atoms in total. The van der Waals surface area contributed by atoms with Crippen molar-refractivity contribution in [2.45, 2.75) is 25.9 Å². The number of likely N-dealkylation sites (N-methyl/N-ethyl adjacent to an activating group) is 1. The van der Waals surface area contributed by atoms with Crippen molar-refractivity contribution in [3.05, 3.63) is 24.3 Å². The molecule has 19 heavy (non-hydrogen) atoms. The maximum atomic E-state index is 9.44. The predicted molar refractivity (Wildman–Crippen MR) is 77.9 cm³/mol. The van der Waals surface area contributed by atoms with Gasteiger partial charge in [0.1, 0.15) is 5.75 Å². The number of nitrogens with zero attached hydrogens (tertiary/aromatic N) is 2. The molecule has 0 aliphatic carbocycles. The minimum Gasteiger partial charge on any atom is -0.494 e. The Balaban J connectivity index is 2.11. The van der Waals surface area contributed by atoms with E-state index in [1.165, 1.54) is 5.69 Å². The molecule has 106 valence electrons. The van der Waals surface area contributed by atoms with Gasteiger partial charge in [0.25, 0.3) is 0 Å². The fourth-order valence-corrected chi connectivity index (χ4v) is 2.67. The second-order valence-corrected chi connectivity index (χ2v) is 5.20. The normalized spacial score (nSPS) is 24.5. The summed E-state index contributed by atoms with van der Waals surface area (Å²) in [6.07, 6.45) is 0. The topological polar surface area (TPSA) is 35.9 Å². The third-order valence-corrected chi connectivity index (χ3v) is 3.81. The molecule has 0 saturated carbocycles. The highest BCUT2D eigenvalue weighted by molar-refractivity contribution is 5.50. The van der Waals surface area contributed by atoms with Crippen LogP contribution in [-0.4, -0.2) is 55.4 Å². The van der Waals surface area contributed by atoms with Gasteiger partial charge in [0.2, 0.25) is 0 Å². The van der Waals surface area contributed by atoms with Crippen molar-refractivity contribution >= 4 is 5.69 Å². The molecule has 0 amide bonds. The lowest BCUT2D eigenvalue weighted by molar-refractivity contribution is 0.121. The molecular formula is C15H24N2O2. The average molecular weight is 264 g/mol. The van der Waals surface area contributed by atoms with Crippen molar-refractivity contribution in [1.29, 1.82) is 0 Å². The number of aliphatic hydroxyl groups is 1. The van der Waals surface area contributed by atoms with E-state index in [1.54, 1.807) is 0 Å². The van der Waals surface area contributed by atoms with Crippen molar-refractivity contribution in [2.75, 3.05) is 38.3 Å². The van der Waals surface area contributed by atoms with E-state index >= 15 is 0 Å². The monoisotopic (exact) mass is 264 g/mol. The van der Waals surface area contributed by atoms with Gasteiger partial charge in [-0.15, -0.1) is 0 Å². The third kappa shape index (κ3) is 3.19. The zero-order valence-electron chi connectivity index (χ0n) is 12.0. The van der Waals surface area contributed by atoms with E-state index in [-0.39, 0.29) is 12.6 Å². The molecule has 1 aliphatic heterocycles. The summed E-state index contributed by atoms with van der Waals surface area (Å²) in [5, 5.41) is 9.44. The number of benzene rings is 1. The molecule has 1 N–H and O–H groups in total. The van der Waals surface area contributed by atoms with Gasteiger partial charge in [-0.3, -0.25) is 4.90 Å². The first kappa shape index (κ1) is 14.2. The van der Waals surface area contributed by atoms with Crippen LogP contribution in [0.1, 0.15) is 13.8 Å². The Hall–Kier alpha value is -1.26. The molecule has 1 saturated heterocycles. The predicted octanol–water partition coefficient (Wildman–Crippen LogP) is 1.59. The summed E-state index contributed by atoms with van der Waals surface area (Å²) in [5.41, 5.74) is 1.20. The molecule has 1 aliphatic rings. The molecule has 1 fully saturated rings. The second kappa shape index (κ2) is 6.26. The smallest absolute Gasteiger partial charge is 0.119 e. The molecule has 0 bridgehead atoms. The highest BCUT2D eigenvalue weighted by Crippen LogP contribution is 2.24. The summed E-state index contributed by atoms with van der Waals surface area (Å²) in [5.74, 6) is 0.909. The quantitative estimate of drug-likeness (QED) is 0.896. The Labute approximate surface area is 115 Å². The van der Waals surface area contributed by atoms with E-state index in [0.29, 0.717) is 12.6 Å². The summed E-state index contributed by atoms with van der Waals surface area (Å²) in [4.78, 5) is 4.59. The fraction of sp³-hybridized carbons (Fsp3) is 0.600. The second-order valence-electron chi connectivity index (χ2n) is 5.20. The van der Waals surface area contributed by atoms with Crippen LogP contribution in [-0.2, 0) is 0 Å². The van der Waals surface area contributed by atoms with Crippen LogP contribution in [0.4, 0.5) is 5.69 Å². The number of hydrogen-bond donors (Lipinski definition) is 1. The minimum atomic E-state index is 0.205. The number of rotatable bonds is 4. The summed E-state index contributed by atoms with van der Waals surface area (Å²) < 4.78 is 5.47. The molecule has 0 aromatic heterocycles. The molecular weight excluding hydrogens is 240 g/mol. The van der Waals surface area contributed by atoms with Crippen LogP contribution in [0.25, 0.3) is 0 Å². The molecule has 2 atom stereocenters. The summed E-state index contributed by atoms with van der Waals surface area (Å²) in [6, 6.07) is 8.88. The molecule has 2 rings (SSSR count). The van der Waals surface area contributed by atoms with Gasteiger partial charge < -0.3 is 14.7 Å². The largest absolute Gasteiger partial charge is 0.494 e. The maximum absolute atomic E-state index is 9.44. The molecule has 1 heterocycles. The average Bonchev–Trinajstić information content (AvgIpc) is 2.41. The van der Waals surface area contributed by atoms with E-state index in [2.05, 4.69) is 35.9 Å². The van der Waals surface area contributed by atoms with Crippen LogP contribution in [0.15, 0.2) is 24.3 Å². The van der Waals surface area contributed by atoms with Crippen molar-refractivity contribution in [1.82, 2.24) is 4.90 Å². The highest BCUT2D eigenvalue weighted by atomic mass is 16.5. The van der Waals surface area contributed by atoms with Gasteiger partial charge >= 0.3 is 0 Å². The van der Waals surface area contributed by atoms with E-state index in [4.69, 9.17) is 4.74 Å². The van der Waals surface area contributed by atoms with Gasteiger partial charge in [-0.25, -0.2) is 0 Å². The van der Waals surface area contributed by atoms with Crippen LogP contribution < -0.4 is 9.64 Å². The van der Waals surface area contributed by atoms with E-state index in [1.807, 2.05) is 19.1 Å². The lowest BCUT2D eigenvalue weighted by atomic mass is 10.1.